The molecule has 0 bridgehead atoms. The number of nitrogens with one attached hydrogen (secondary N) is 2. The molecular formula is C30H40N4O10S2. The van der Waals surface area contributed by atoms with Crippen LogP contribution in [0.15, 0.2) is 46.2 Å². The zero-order chi connectivity index (χ0) is 32.6. The number of benzene rings is 2. The van der Waals surface area contributed by atoms with Crippen LogP contribution in [0.2, 0.25) is 0 Å². The molecule has 14 nitrogen and oxygen atoms in total. The normalized spacial score (nSPS) is 20.8. The van der Waals surface area contributed by atoms with Crippen LogP contribution in [-0.4, -0.2) is 116 Å². The van der Waals surface area contributed by atoms with Crippen molar-refractivity contribution in [1.82, 2.24) is 8.61 Å². The van der Waals surface area contributed by atoms with E-state index in [9.17, 15) is 26.4 Å². The second-order valence-corrected chi connectivity index (χ2v) is 14.9. The van der Waals surface area contributed by atoms with E-state index in [4.69, 9.17) is 18.9 Å². The lowest BCUT2D eigenvalue weighted by atomic mass is 10.0. The van der Waals surface area contributed by atoms with Crippen molar-refractivity contribution in [3.63, 3.8) is 0 Å². The predicted molar refractivity (Wildman–Crippen MR) is 168 cm³/mol. The maximum atomic E-state index is 13.6. The first-order valence-electron chi connectivity index (χ1n) is 15.3. The number of hydrogen-bond donors (Lipinski definition) is 2. The third kappa shape index (κ3) is 8.68. The zero-order valence-corrected chi connectivity index (χ0v) is 27.2. The largest absolute Gasteiger partial charge is 0.378 e. The van der Waals surface area contributed by atoms with Crippen molar-refractivity contribution < 1.29 is 45.4 Å². The van der Waals surface area contributed by atoms with Gasteiger partial charge in [0, 0.05) is 50.4 Å². The van der Waals surface area contributed by atoms with Crippen molar-refractivity contribution in [1.29, 1.82) is 0 Å². The second kappa shape index (κ2) is 15.8. The summed E-state index contributed by atoms with van der Waals surface area (Å²) < 4.78 is 79.6. The quantitative estimate of drug-likeness (QED) is 0.479. The minimum atomic E-state index is -3.87. The number of carbonyl (C=O) groups is 2. The van der Waals surface area contributed by atoms with Gasteiger partial charge in [-0.15, -0.1) is 0 Å². The van der Waals surface area contributed by atoms with E-state index in [1.807, 2.05) is 0 Å². The third-order valence-corrected chi connectivity index (χ3v) is 11.7. The van der Waals surface area contributed by atoms with Crippen LogP contribution in [0.3, 0.4) is 0 Å². The number of nitrogens with zero attached hydrogens (tertiary/aromatic N) is 2. The fourth-order valence-corrected chi connectivity index (χ4v) is 8.27. The van der Waals surface area contributed by atoms with Gasteiger partial charge in [-0.3, -0.25) is 9.59 Å². The van der Waals surface area contributed by atoms with Gasteiger partial charge >= 0.3 is 0 Å². The summed E-state index contributed by atoms with van der Waals surface area (Å²) >= 11 is 0. The van der Waals surface area contributed by atoms with Crippen molar-refractivity contribution in [2.45, 2.75) is 35.5 Å². The van der Waals surface area contributed by atoms with Crippen molar-refractivity contribution in [2.24, 2.45) is 0 Å². The van der Waals surface area contributed by atoms with Gasteiger partial charge in [-0.1, -0.05) is 0 Å². The maximum Gasteiger partial charge on any atom is 0.243 e. The summed E-state index contributed by atoms with van der Waals surface area (Å²) in [5, 5.41) is 5.53. The van der Waals surface area contributed by atoms with Gasteiger partial charge < -0.3 is 29.6 Å². The zero-order valence-electron chi connectivity index (χ0n) is 25.6. The van der Waals surface area contributed by atoms with Crippen LogP contribution >= 0.6 is 0 Å². The van der Waals surface area contributed by atoms with Crippen LogP contribution in [-0.2, 0) is 61.4 Å². The van der Waals surface area contributed by atoms with E-state index in [1.165, 1.54) is 20.7 Å². The Labute approximate surface area is 269 Å². The fourth-order valence-electron chi connectivity index (χ4n) is 5.35. The molecule has 1 saturated heterocycles. The number of amides is 2. The lowest BCUT2D eigenvalue weighted by Gasteiger charge is -2.25. The first-order chi connectivity index (χ1) is 22.1. The summed E-state index contributed by atoms with van der Waals surface area (Å²) in [6, 6.07) is 9.42. The van der Waals surface area contributed by atoms with Gasteiger partial charge in [-0.2, -0.15) is 8.61 Å². The van der Waals surface area contributed by atoms with Crippen LogP contribution < -0.4 is 10.6 Å². The lowest BCUT2D eigenvalue weighted by Crippen LogP contribution is -2.38. The number of anilines is 2. The van der Waals surface area contributed by atoms with E-state index in [0.717, 1.165) is 11.1 Å². The minimum absolute atomic E-state index is 0.0898. The van der Waals surface area contributed by atoms with Crippen LogP contribution in [0.25, 0.3) is 0 Å². The molecule has 3 heterocycles. The highest BCUT2D eigenvalue weighted by atomic mass is 32.2. The number of carbonyl (C=O) groups excluding carboxylic acids is 2. The molecule has 2 N–H and O–H groups in total. The molecule has 3 aliphatic rings. The highest BCUT2D eigenvalue weighted by Gasteiger charge is 2.28. The summed E-state index contributed by atoms with van der Waals surface area (Å²) in [6.07, 6.45) is 1.54. The molecule has 46 heavy (non-hydrogen) atoms. The van der Waals surface area contributed by atoms with Crippen molar-refractivity contribution >= 4 is 43.2 Å². The smallest absolute Gasteiger partial charge is 0.243 e. The molecule has 3 aliphatic heterocycles. The highest BCUT2D eigenvalue weighted by molar-refractivity contribution is 7.89. The molecule has 1 fully saturated rings. The maximum absolute atomic E-state index is 13.6. The molecule has 5 rings (SSSR count). The fraction of sp³-hybridized carbons (Fsp3) is 0.533. The first-order valence-corrected chi connectivity index (χ1v) is 18.2. The Morgan fingerprint density at radius 3 is 1.20 bits per heavy atom. The van der Waals surface area contributed by atoms with E-state index < -0.39 is 20.0 Å². The molecule has 0 aromatic heterocycles. The lowest BCUT2D eigenvalue weighted by molar-refractivity contribution is -0.117. The number of rotatable bonds is 4. The van der Waals surface area contributed by atoms with Crippen LogP contribution in [0.1, 0.15) is 24.0 Å². The second-order valence-electron chi connectivity index (χ2n) is 11.0. The van der Waals surface area contributed by atoms with E-state index in [-0.39, 0.29) is 101 Å². The standard InChI is InChI=1S/C30H40N4O10S2/c35-29-7-1-23-21-25(3-5-27(23)31-29)45(37,38)33-9-13-41-17-19-43-15-11-34(12-16-44-20-18-42-14-10-33)46(39,40)26-4-6-28-24(22-26)2-8-30(36)32-28/h3-6,21-22H,1-2,7-20H2,(H,31,35)(H,32,36). The number of fused-ring (bicyclic) bond motifs is 2. The number of hydrogen-bond acceptors (Lipinski definition) is 10. The van der Waals surface area contributed by atoms with Crippen molar-refractivity contribution in [3.8, 4) is 0 Å². The first kappa shape index (κ1) is 34.4. The molecule has 0 unspecified atom stereocenters. The van der Waals surface area contributed by atoms with Crippen LogP contribution in [0.4, 0.5) is 11.4 Å². The Morgan fingerprint density at radius 1 is 0.500 bits per heavy atom. The summed E-state index contributed by atoms with van der Waals surface area (Å²) in [4.78, 5) is 23.7. The van der Waals surface area contributed by atoms with Gasteiger partial charge in [0.1, 0.15) is 0 Å². The molecule has 16 heteroatoms. The van der Waals surface area contributed by atoms with Crippen molar-refractivity contribution in [3.05, 3.63) is 47.5 Å². The molecule has 0 spiro atoms. The summed E-state index contributed by atoms with van der Waals surface area (Å²) in [6.45, 7) is 1.59. The van der Waals surface area contributed by atoms with Crippen LogP contribution in [0.5, 0.6) is 0 Å². The van der Waals surface area contributed by atoms with E-state index in [2.05, 4.69) is 10.6 Å². The molecule has 252 valence electrons. The third-order valence-electron chi connectivity index (χ3n) is 7.90. The molecule has 2 aromatic carbocycles. The van der Waals surface area contributed by atoms with Gasteiger partial charge in [0.25, 0.3) is 0 Å². The van der Waals surface area contributed by atoms with Gasteiger partial charge in [-0.05, 0) is 60.4 Å². The minimum Gasteiger partial charge on any atom is -0.378 e. The Kier molecular flexibility index (Phi) is 11.8. The van der Waals surface area contributed by atoms with E-state index in [1.54, 1.807) is 24.3 Å². The number of ether oxygens (including phenoxy) is 4. The van der Waals surface area contributed by atoms with Gasteiger partial charge in [0.15, 0.2) is 0 Å². The Balaban J connectivity index is 1.18. The number of aryl methyl sites for hydroxylation is 2. The molecule has 0 saturated carbocycles. The summed E-state index contributed by atoms with van der Waals surface area (Å²) in [5.74, 6) is -0.187. The Morgan fingerprint density at radius 2 is 0.848 bits per heavy atom. The average molecular weight is 681 g/mol. The molecule has 0 aliphatic carbocycles. The van der Waals surface area contributed by atoms with Crippen LogP contribution in [0, 0.1) is 0 Å². The number of sulfonamides is 2. The molecular weight excluding hydrogens is 640 g/mol. The molecule has 2 aromatic rings. The van der Waals surface area contributed by atoms with Gasteiger partial charge in [0.2, 0.25) is 31.9 Å². The van der Waals surface area contributed by atoms with Gasteiger partial charge in [0.05, 0.1) is 62.6 Å². The average Bonchev–Trinajstić information content (AvgIpc) is 3.03. The monoisotopic (exact) mass is 680 g/mol. The SMILES string of the molecule is O=C1CCc2cc(S(=O)(=O)N3CCOCCOCCN(S(=O)(=O)c4ccc5c(c4)CCC(=O)N5)CCOCCOCC3)ccc2N1. The molecule has 0 radical (unpaired) electrons. The summed E-state index contributed by atoms with van der Waals surface area (Å²) in [5.41, 5.74) is 2.79. The summed E-state index contributed by atoms with van der Waals surface area (Å²) in [7, 11) is -7.74. The topological polar surface area (TPSA) is 170 Å². The predicted octanol–water partition coefficient (Wildman–Crippen LogP) is 1.22. The Hall–Kier alpha value is -2.96. The van der Waals surface area contributed by atoms with Crippen molar-refractivity contribution in [2.75, 3.05) is 89.7 Å². The van der Waals surface area contributed by atoms with E-state index >= 15 is 0 Å². The van der Waals surface area contributed by atoms with Gasteiger partial charge in [-0.25, -0.2) is 16.8 Å². The molecule has 2 amide bonds. The molecule has 0 atom stereocenters. The highest BCUT2D eigenvalue weighted by Crippen LogP contribution is 2.28. The Bertz CT molecular complexity index is 1480. The van der Waals surface area contributed by atoms with E-state index in [0.29, 0.717) is 37.1 Å².